The molecule has 20 heavy (non-hydrogen) atoms. The van der Waals surface area contributed by atoms with Crippen LogP contribution in [0.3, 0.4) is 0 Å². The first kappa shape index (κ1) is 14.2. The minimum Gasteiger partial charge on any atom is -0.472 e. The van der Waals surface area contributed by atoms with E-state index >= 15 is 0 Å². The van der Waals surface area contributed by atoms with Gasteiger partial charge in [0.15, 0.2) is 0 Å². The van der Waals surface area contributed by atoms with Crippen LogP contribution in [0, 0.1) is 0 Å². The summed E-state index contributed by atoms with van der Waals surface area (Å²) in [6.07, 6.45) is 4.11. The predicted octanol–water partition coefficient (Wildman–Crippen LogP) is 2.71. The first-order valence-electron chi connectivity index (χ1n) is 6.65. The van der Waals surface area contributed by atoms with Gasteiger partial charge in [0.25, 0.3) is 5.91 Å². The molecule has 0 fully saturated rings. The number of rotatable bonds is 5. The van der Waals surface area contributed by atoms with Crippen molar-refractivity contribution in [1.82, 2.24) is 5.32 Å². The quantitative estimate of drug-likeness (QED) is 0.910. The van der Waals surface area contributed by atoms with Crippen LogP contribution in [0.25, 0.3) is 0 Å². The number of carbonyl (C=O) groups is 1. The number of furan rings is 1. The Morgan fingerprint density at radius 3 is 2.50 bits per heavy atom. The standard InChI is InChI=1S/C16H20N2O2/c1-12(10-13-8-9-20-11-13)17-16(19)14-4-6-15(7-5-14)18(2)3/h4-9,11-12H,10H2,1-3H3,(H,17,19)/t12-/m0/s1. The Labute approximate surface area is 119 Å². The molecule has 2 aromatic rings. The maximum absolute atomic E-state index is 12.1. The Morgan fingerprint density at radius 2 is 1.95 bits per heavy atom. The van der Waals surface area contributed by atoms with Gasteiger partial charge in [0.05, 0.1) is 12.5 Å². The summed E-state index contributed by atoms with van der Waals surface area (Å²) < 4.78 is 5.02. The largest absolute Gasteiger partial charge is 0.472 e. The molecule has 0 radical (unpaired) electrons. The molecule has 1 N–H and O–H groups in total. The molecule has 1 atom stereocenters. The highest BCUT2D eigenvalue weighted by Gasteiger charge is 2.11. The molecule has 1 aromatic carbocycles. The first-order chi connectivity index (χ1) is 9.56. The molecule has 0 bridgehead atoms. The summed E-state index contributed by atoms with van der Waals surface area (Å²) in [6, 6.07) is 9.54. The van der Waals surface area contributed by atoms with Gasteiger partial charge < -0.3 is 14.6 Å². The van der Waals surface area contributed by atoms with Crippen LogP contribution in [0.1, 0.15) is 22.8 Å². The molecule has 4 heteroatoms. The topological polar surface area (TPSA) is 45.5 Å². The molecular weight excluding hydrogens is 252 g/mol. The van der Waals surface area contributed by atoms with Crippen molar-refractivity contribution in [1.29, 1.82) is 0 Å². The zero-order valence-corrected chi connectivity index (χ0v) is 12.1. The van der Waals surface area contributed by atoms with Gasteiger partial charge in [-0.3, -0.25) is 4.79 Å². The van der Waals surface area contributed by atoms with Crippen molar-refractivity contribution < 1.29 is 9.21 Å². The van der Waals surface area contributed by atoms with E-state index in [1.54, 1.807) is 12.5 Å². The lowest BCUT2D eigenvalue weighted by Crippen LogP contribution is -2.34. The number of amides is 1. The highest BCUT2D eigenvalue weighted by atomic mass is 16.3. The van der Waals surface area contributed by atoms with Crippen molar-refractivity contribution in [3.63, 3.8) is 0 Å². The molecule has 0 spiro atoms. The monoisotopic (exact) mass is 272 g/mol. The Balaban J connectivity index is 1.93. The summed E-state index contributed by atoms with van der Waals surface area (Å²) in [5.41, 5.74) is 2.84. The van der Waals surface area contributed by atoms with Gasteiger partial charge in [-0.05, 0) is 49.2 Å². The lowest BCUT2D eigenvalue weighted by Gasteiger charge is -2.15. The molecule has 1 aromatic heterocycles. The average molecular weight is 272 g/mol. The molecule has 1 heterocycles. The van der Waals surface area contributed by atoms with E-state index < -0.39 is 0 Å². The lowest BCUT2D eigenvalue weighted by molar-refractivity contribution is 0.0940. The Bertz CT molecular complexity index is 544. The van der Waals surface area contributed by atoms with Crippen molar-refractivity contribution in [2.45, 2.75) is 19.4 Å². The van der Waals surface area contributed by atoms with Gasteiger partial charge >= 0.3 is 0 Å². The molecule has 4 nitrogen and oxygen atoms in total. The number of nitrogens with one attached hydrogen (secondary N) is 1. The van der Waals surface area contributed by atoms with Crippen LogP contribution in [0.5, 0.6) is 0 Å². The Hall–Kier alpha value is -2.23. The summed E-state index contributed by atoms with van der Waals surface area (Å²) in [7, 11) is 3.95. The van der Waals surface area contributed by atoms with Gasteiger partial charge in [-0.25, -0.2) is 0 Å². The second-order valence-electron chi connectivity index (χ2n) is 5.15. The van der Waals surface area contributed by atoms with Crippen LogP contribution in [0.4, 0.5) is 5.69 Å². The number of anilines is 1. The third-order valence-electron chi connectivity index (χ3n) is 3.15. The molecule has 0 unspecified atom stereocenters. The van der Waals surface area contributed by atoms with Gasteiger partial charge in [0.2, 0.25) is 0 Å². The summed E-state index contributed by atoms with van der Waals surface area (Å²) in [5.74, 6) is -0.0497. The van der Waals surface area contributed by atoms with Crippen molar-refractivity contribution in [2.24, 2.45) is 0 Å². The van der Waals surface area contributed by atoms with Crippen LogP contribution in [-0.4, -0.2) is 26.0 Å². The van der Waals surface area contributed by atoms with E-state index in [1.807, 2.05) is 56.3 Å². The number of carbonyl (C=O) groups excluding carboxylic acids is 1. The zero-order chi connectivity index (χ0) is 14.5. The van der Waals surface area contributed by atoms with E-state index in [9.17, 15) is 4.79 Å². The third-order valence-corrected chi connectivity index (χ3v) is 3.15. The van der Waals surface area contributed by atoms with Crippen molar-refractivity contribution in [2.75, 3.05) is 19.0 Å². The highest BCUT2D eigenvalue weighted by Crippen LogP contribution is 2.12. The van der Waals surface area contributed by atoms with Crippen molar-refractivity contribution in [3.8, 4) is 0 Å². The molecule has 0 aliphatic carbocycles. The third kappa shape index (κ3) is 3.63. The minimum atomic E-state index is -0.0497. The molecule has 106 valence electrons. The second kappa shape index (κ2) is 6.28. The lowest BCUT2D eigenvalue weighted by atomic mass is 10.1. The van der Waals surface area contributed by atoms with E-state index in [-0.39, 0.29) is 11.9 Å². The van der Waals surface area contributed by atoms with Gasteiger partial charge in [0.1, 0.15) is 0 Å². The summed E-state index contributed by atoms with van der Waals surface area (Å²) in [6.45, 7) is 1.99. The molecule has 0 aliphatic heterocycles. The fourth-order valence-corrected chi connectivity index (χ4v) is 2.03. The molecule has 1 amide bonds. The summed E-state index contributed by atoms with van der Waals surface area (Å²) in [5, 5.41) is 2.99. The SMILES string of the molecule is C[C@@H](Cc1ccoc1)NC(=O)c1ccc(N(C)C)cc1. The van der Waals surface area contributed by atoms with Crippen LogP contribution < -0.4 is 10.2 Å². The number of benzene rings is 1. The molecule has 0 saturated carbocycles. The second-order valence-corrected chi connectivity index (χ2v) is 5.15. The maximum atomic E-state index is 12.1. The van der Waals surface area contributed by atoms with E-state index in [2.05, 4.69) is 5.32 Å². The molecule has 0 aliphatic rings. The van der Waals surface area contributed by atoms with Gasteiger partial charge in [-0.1, -0.05) is 0 Å². The van der Waals surface area contributed by atoms with Gasteiger partial charge in [-0.15, -0.1) is 0 Å². The van der Waals surface area contributed by atoms with E-state index in [0.717, 1.165) is 17.7 Å². The fraction of sp³-hybridized carbons (Fsp3) is 0.312. The van der Waals surface area contributed by atoms with Crippen LogP contribution in [-0.2, 0) is 6.42 Å². The van der Waals surface area contributed by atoms with E-state index in [0.29, 0.717) is 5.56 Å². The molecule has 0 saturated heterocycles. The number of hydrogen-bond donors (Lipinski definition) is 1. The van der Waals surface area contributed by atoms with Gasteiger partial charge in [0, 0.05) is 31.4 Å². The maximum Gasteiger partial charge on any atom is 0.251 e. The Kier molecular flexibility index (Phi) is 4.45. The van der Waals surface area contributed by atoms with E-state index in [1.165, 1.54) is 0 Å². The van der Waals surface area contributed by atoms with E-state index in [4.69, 9.17) is 4.42 Å². The average Bonchev–Trinajstić information content (AvgIpc) is 2.91. The molecule has 2 rings (SSSR count). The summed E-state index contributed by atoms with van der Waals surface area (Å²) >= 11 is 0. The highest BCUT2D eigenvalue weighted by molar-refractivity contribution is 5.94. The van der Waals surface area contributed by atoms with Crippen molar-refractivity contribution in [3.05, 3.63) is 54.0 Å². The number of hydrogen-bond acceptors (Lipinski definition) is 3. The van der Waals surface area contributed by atoms with Crippen molar-refractivity contribution >= 4 is 11.6 Å². The van der Waals surface area contributed by atoms with Crippen LogP contribution in [0.15, 0.2) is 47.3 Å². The Morgan fingerprint density at radius 1 is 1.25 bits per heavy atom. The minimum absolute atomic E-state index is 0.0497. The van der Waals surface area contributed by atoms with Crippen LogP contribution in [0.2, 0.25) is 0 Å². The first-order valence-corrected chi connectivity index (χ1v) is 6.65. The number of nitrogens with zero attached hydrogens (tertiary/aromatic N) is 1. The zero-order valence-electron chi connectivity index (χ0n) is 12.1. The normalized spacial score (nSPS) is 11.9. The fourth-order valence-electron chi connectivity index (χ4n) is 2.03. The summed E-state index contributed by atoms with van der Waals surface area (Å²) in [4.78, 5) is 14.1. The van der Waals surface area contributed by atoms with Crippen LogP contribution >= 0.6 is 0 Å². The molecular formula is C16H20N2O2. The van der Waals surface area contributed by atoms with Gasteiger partial charge in [-0.2, -0.15) is 0 Å². The smallest absolute Gasteiger partial charge is 0.251 e. The predicted molar refractivity (Wildman–Crippen MR) is 80.1 cm³/mol.